The number of allylic oxidation sites excluding steroid dienone is 3. The quantitative estimate of drug-likeness (QED) is 0.0320. The minimum absolute atomic E-state index is 0.0245. The lowest BCUT2D eigenvalue weighted by Gasteiger charge is -2.20. The maximum Gasteiger partial charge on any atom is 0.305 e. The fourth-order valence-electron chi connectivity index (χ4n) is 12.0. The van der Waals surface area contributed by atoms with Crippen molar-refractivity contribution in [2.75, 3.05) is 13.2 Å². The number of ether oxygens (including phenoxy) is 1. The SMILES string of the molecule is CCCCCCCCCCCCC/C=C/C(O)C(CO)NC(=O)CCCCCCCCCCCCCCCCCCC/C=C\CCCCCCCCCCCCCCCCCCCCOC(=O)CCCCCCCCCCCCCCC. The molecule has 0 aromatic carbocycles. The zero-order valence-corrected chi connectivity index (χ0v) is 55.8. The van der Waals surface area contributed by atoms with E-state index in [1.54, 1.807) is 6.08 Å². The van der Waals surface area contributed by atoms with Gasteiger partial charge in [-0.25, -0.2) is 0 Å². The zero-order chi connectivity index (χ0) is 59.2. The molecular formula is C76H147NO5. The molecule has 6 nitrogen and oxygen atoms in total. The maximum atomic E-state index is 12.5. The highest BCUT2D eigenvalue weighted by Gasteiger charge is 2.18. The summed E-state index contributed by atoms with van der Waals surface area (Å²) in [6, 6.07) is -0.623. The molecule has 0 fully saturated rings. The van der Waals surface area contributed by atoms with E-state index in [1.165, 1.54) is 360 Å². The molecule has 0 rings (SSSR count). The highest BCUT2D eigenvalue weighted by Crippen LogP contribution is 2.19. The number of amides is 1. The van der Waals surface area contributed by atoms with E-state index in [0.717, 1.165) is 38.5 Å². The van der Waals surface area contributed by atoms with Crippen LogP contribution in [-0.4, -0.2) is 47.4 Å². The molecule has 0 saturated heterocycles. The lowest BCUT2D eigenvalue weighted by Crippen LogP contribution is -2.45. The van der Waals surface area contributed by atoms with Gasteiger partial charge in [-0.3, -0.25) is 9.59 Å². The van der Waals surface area contributed by atoms with Crippen molar-refractivity contribution in [2.24, 2.45) is 0 Å². The first-order valence-corrected chi connectivity index (χ1v) is 37.6. The van der Waals surface area contributed by atoms with Crippen LogP contribution in [0.15, 0.2) is 24.3 Å². The number of rotatable bonds is 71. The first-order chi connectivity index (χ1) is 40.5. The Labute approximate surface area is 513 Å². The minimum Gasteiger partial charge on any atom is -0.466 e. The van der Waals surface area contributed by atoms with Crippen LogP contribution < -0.4 is 5.32 Å². The van der Waals surface area contributed by atoms with Crippen molar-refractivity contribution in [3.05, 3.63) is 24.3 Å². The Balaban J connectivity index is 3.31. The highest BCUT2D eigenvalue weighted by molar-refractivity contribution is 5.76. The minimum atomic E-state index is -0.840. The molecule has 3 N–H and O–H groups in total. The summed E-state index contributed by atoms with van der Waals surface area (Å²) in [4.78, 5) is 24.5. The number of aliphatic hydroxyl groups is 2. The molecule has 0 saturated carbocycles. The van der Waals surface area contributed by atoms with Crippen LogP contribution in [0.3, 0.4) is 0 Å². The van der Waals surface area contributed by atoms with Gasteiger partial charge in [0.1, 0.15) is 0 Å². The lowest BCUT2D eigenvalue weighted by atomic mass is 10.0. The number of unbranched alkanes of at least 4 members (excludes halogenated alkanes) is 58. The monoisotopic (exact) mass is 1150 g/mol. The summed E-state index contributed by atoms with van der Waals surface area (Å²) in [6.45, 7) is 4.94. The zero-order valence-electron chi connectivity index (χ0n) is 55.8. The Morgan fingerprint density at radius 2 is 0.573 bits per heavy atom. The van der Waals surface area contributed by atoms with E-state index in [4.69, 9.17) is 4.74 Å². The summed E-state index contributed by atoms with van der Waals surface area (Å²) >= 11 is 0. The molecule has 0 heterocycles. The molecule has 0 aromatic heterocycles. The van der Waals surface area contributed by atoms with E-state index < -0.39 is 12.1 Å². The highest BCUT2D eigenvalue weighted by atomic mass is 16.5. The number of hydrogen-bond donors (Lipinski definition) is 3. The molecule has 486 valence electrons. The second-order valence-corrected chi connectivity index (χ2v) is 26.0. The lowest BCUT2D eigenvalue weighted by molar-refractivity contribution is -0.143. The van der Waals surface area contributed by atoms with Crippen LogP contribution in [0.1, 0.15) is 425 Å². The molecule has 0 aliphatic heterocycles. The third kappa shape index (κ3) is 67.5. The third-order valence-electron chi connectivity index (χ3n) is 17.7. The normalized spacial score (nSPS) is 12.6. The van der Waals surface area contributed by atoms with Gasteiger partial charge in [0.15, 0.2) is 0 Å². The summed E-state index contributed by atoms with van der Waals surface area (Å²) in [5.74, 6) is -0.0373. The molecule has 82 heavy (non-hydrogen) atoms. The Morgan fingerprint density at radius 3 is 0.866 bits per heavy atom. The summed E-state index contributed by atoms with van der Waals surface area (Å²) in [7, 11) is 0. The predicted octanol–water partition coefficient (Wildman–Crippen LogP) is 24.5. The van der Waals surface area contributed by atoms with Gasteiger partial charge in [-0.2, -0.15) is 0 Å². The summed E-state index contributed by atoms with van der Waals surface area (Å²) in [5, 5.41) is 23.1. The number of carbonyl (C=O) groups is 2. The van der Waals surface area contributed by atoms with Crippen molar-refractivity contribution < 1.29 is 24.5 Å². The first-order valence-electron chi connectivity index (χ1n) is 37.6. The van der Waals surface area contributed by atoms with Gasteiger partial charge < -0.3 is 20.3 Å². The van der Waals surface area contributed by atoms with E-state index in [1.807, 2.05) is 6.08 Å². The van der Waals surface area contributed by atoms with Gasteiger partial charge >= 0.3 is 5.97 Å². The van der Waals surface area contributed by atoms with Crippen LogP contribution >= 0.6 is 0 Å². The van der Waals surface area contributed by atoms with Gasteiger partial charge in [0.05, 0.1) is 25.4 Å². The van der Waals surface area contributed by atoms with Crippen LogP contribution in [0, 0.1) is 0 Å². The molecule has 1 amide bonds. The van der Waals surface area contributed by atoms with Gasteiger partial charge in [-0.1, -0.05) is 378 Å². The Bertz CT molecular complexity index is 1280. The Kier molecular flexibility index (Phi) is 70.4. The average molecular weight is 1160 g/mol. The van der Waals surface area contributed by atoms with Crippen LogP contribution in [0.4, 0.5) is 0 Å². The Morgan fingerprint density at radius 1 is 0.329 bits per heavy atom. The molecule has 0 aliphatic carbocycles. The van der Waals surface area contributed by atoms with Gasteiger partial charge in [0.2, 0.25) is 5.91 Å². The van der Waals surface area contributed by atoms with Crippen molar-refractivity contribution in [2.45, 2.75) is 437 Å². The fraction of sp³-hybridized carbons (Fsp3) is 0.921. The molecular weight excluding hydrogens is 1010 g/mol. The largest absolute Gasteiger partial charge is 0.466 e. The maximum absolute atomic E-state index is 12.5. The van der Waals surface area contributed by atoms with Crippen molar-refractivity contribution in [3.63, 3.8) is 0 Å². The van der Waals surface area contributed by atoms with Crippen LogP contribution in [0.5, 0.6) is 0 Å². The molecule has 0 spiro atoms. The summed E-state index contributed by atoms with van der Waals surface area (Å²) in [5.41, 5.74) is 0. The van der Waals surface area contributed by atoms with E-state index >= 15 is 0 Å². The van der Waals surface area contributed by atoms with E-state index in [2.05, 4.69) is 31.3 Å². The van der Waals surface area contributed by atoms with E-state index in [-0.39, 0.29) is 18.5 Å². The van der Waals surface area contributed by atoms with Crippen molar-refractivity contribution >= 4 is 11.9 Å². The second kappa shape index (κ2) is 71.8. The van der Waals surface area contributed by atoms with Gasteiger partial charge in [0.25, 0.3) is 0 Å². The number of carbonyl (C=O) groups excluding carboxylic acids is 2. The molecule has 2 unspecified atom stereocenters. The second-order valence-electron chi connectivity index (χ2n) is 26.0. The van der Waals surface area contributed by atoms with Gasteiger partial charge in [-0.05, 0) is 57.8 Å². The Hall–Kier alpha value is -1.66. The van der Waals surface area contributed by atoms with E-state index in [0.29, 0.717) is 19.4 Å². The number of hydrogen-bond acceptors (Lipinski definition) is 5. The van der Waals surface area contributed by atoms with Crippen molar-refractivity contribution in [1.82, 2.24) is 5.32 Å². The molecule has 0 radical (unpaired) electrons. The molecule has 0 aromatic rings. The molecule has 0 aliphatic rings. The summed E-state index contributed by atoms with van der Waals surface area (Å²) < 4.78 is 5.49. The molecule has 0 bridgehead atoms. The van der Waals surface area contributed by atoms with Crippen molar-refractivity contribution in [3.8, 4) is 0 Å². The van der Waals surface area contributed by atoms with Crippen LogP contribution in [-0.2, 0) is 14.3 Å². The van der Waals surface area contributed by atoms with Gasteiger partial charge in [-0.15, -0.1) is 0 Å². The van der Waals surface area contributed by atoms with Crippen LogP contribution in [0.25, 0.3) is 0 Å². The molecule has 2 atom stereocenters. The number of esters is 1. The van der Waals surface area contributed by atoms with Gasteiger partial charge in [0, 0.05) is 12.8 Å². The summed E-state index contributed by atoms with van der Waals surface area (Å²) in [6.07, 6.45) is 91.6. The van der Waals surface area contributed by atoms with E-state index in [9.17, 15) is 19.8 Å². The average Bonchev–Trinajstić information content (AvgIpc) is 3.48. The molecule has 6 heteroatoms. The van der Waals surface area contributed by atoms with Crippen LogP contribution in [0.2, 0.25) is 0 Å². The predicted molar refractivity (Wildman–Crippen MR) is 361 cm³/mol. The third-order valence-corrected chi connectivity index (χ3v) is 17.7. The number of nitrogens with one attached hydrogen (secondary N) is 1. The topological polar surface area (TPSA) is 95.9 Å². The number of aliphatic hydroxyl groups excluding tert-OH is 2. The standard InChI is InChI=1S/C76H147NO5/c1-3-5-7-9-11-13-15-44-48-52-56-60-64-68-74(79)73(72-78)77-75(80)69-65-61-57-53-49-46-42-40-38-36-34-32-30-28-26-24-22-20-18-17-19-21-23-25-27-29-31-33-35-37-39-41-43-47-51-55-59-63-67-71-82-76(81)70-66-62-58-54-50-45-16-14-12-10-8-6-4-2/h17-18,64,68,73-74,78-79H,3-16,19-63,65-67,69-72H2,1-2H3,(H,77,80)/b18-17-,68-64+. The van der Waals surface area contributed by atoms with Crippen molar-refractivity contribution in [1.29, 1.82) is 0 Å². The fourth-order valence-corrected chi connectivity index (χ4v) is 12.0. The smallest absolute Gasteiger partial charge is 0.305 e. The first kappa shape index (κ1) is 80.3.